The molecule has 0 aliphatic heterocycles. The molecule has 1 aromatic carbocycles. The van der Waals surface area contributed by atoms with Gasteiger partial charge in [-0.2, -0.15) is 18.2 Å². The number of aryl methyl sites for hydroxylation is 1. The second-order valence-electron chi connectivity index (χ2n) is 4.54. The number of halogens is 3. The van der Waals surface area contributed by atoms with Gasteiger partial charge in [0.25, 0.3) is 0 Å². The zero-order valence-electron chi connectivity index (χ0n) is 11.9. The summed E-state index contributed by atoms with van der Waals surface area (Å²) in [5, 5.41) is 3.57. The van der Waals surface area contributed by atoms with Crippen LogP contribution in [0, 0.1) is 6.92 Å². The molecule has 0 saturated heterocycles. The van der Waals surface area contributed by atoms with E-state index in [2.05, 4.69) is 10.1 Å². The minimum absolute atomic E-state index is 0.108. The molecule has 0 amide bonds. The Balaban J connectivity index is 1.66. The van der Waals surface area contributed by atoms with Crippen LogP contribution in [0.15, 0.2) is 28.8 Å². The number of benzene rings is 1. The summed E-state index contributed by atoms with van der Waals surface area (Å²) in [4.78, 5) is 3.87. The van der Waals surface area contributed by atoms with Gasteiger partial charge in [-0.15, -0.1) is 0 Å². The van der Waals surface area contributed by atoms with Crippen LogP contribution in [-0.2, 0) is 6.18 Å². The van der Waals surface area contributed by atoms with Crippen LogP contribution in [0.25, 0.3) is 0 Å². The predicted octanol–water partition coefficient (Wildman–Crippen LogP) is 3.63. The van der Waals surface area contributed by atoms with Gasteiger partial charge in [0.1, 0.15) is 5.75 Å². The Morgan fingerprint density at radius 3 is 2.50 bits per heavy atom. The van der Waals surface area contributed by atoms with E-state index >= 15 is 0 Å². The third kappa shape index (κ3) is 4.94. The summed E-state index contributed by atoms with van der Waals surface area (Å²) in [5.74, 6) is 0.686. The maximum absolute atomic E-state index is 12.5. The fraction of sp³-hybridized carbons (Fsp3) is 0.429. The lowest BCUT2D eigenvalue weighted by Crippen LogP contribution is -2.06. The van der Waals surface area contributed by atoms with Gasteiger partial charge in [-0.25, -0.2) is 0 Å². The number of rotatable bonds is 7. The monoisotopic (exact) mass is 316 g/mol. The molecular weight excluding hydrogens is 301 g/mol. The normalized spacial score (nSPS) is 11.5. The molecule has 0 unspecified atom stereocenters. The molecule has 2 aromatic rings. The lowest BCUT2D eigenvalue weighted by Gasteiger charge is -2.10. The highest BCUT2D eigenvalue weighted by Crippen LogP contribution is 2.31. The first kappa shape index (κ1) is 16.1. The Bertz CT molecular complexity index is 599. The lowest BCUT2D eigenvalue weighted by atomic mass is 10.2. The highest BCUT2D eigenvalue weighted by molar-refractivity contribution is 5.30. The molecule has 0 atom stereocenters. The summed E-state index contributed by atoms with van der Waals surface area (Å²) in [5.41, 5.74) is -0.722. The molecule has 0 aliphatic rings. The Morgan fingerprint density at radius 1 is 1.14 bits per heavy atom. The van der Waals surface area contributed by atoms with E-state index in [-0.39, 0.29) is 11.8 Å². The molecule has 0 fully saturated rings. The molecule has 1 aromatic heterocycles. The van der Waals surface area contributed by atoms with E-state index in [1.165, 1.54) is 12.1 Å². The summed E-state index contributed by atoms with van der Waals surface area (Å²) in [6, 6.07) is 4.80. The van der Waals surface area contributed by atoms with Gasteiger partial charge in [0, 0.05) is 0 Å². The second-order valence-corrected chi connectivity index (χ2v) is 4.54. The van der Waals surface area contributed by atoms with Crippen molar-refractivity contribution < 1.29 is 27.2 Å². The Labute approximate surface area is 125 Å². The third-order valence-electron chi connectivity index (χ3n) is 2.70. The van der Waals surface area contributed by atoms with Crippen LogP contribution in [0.1, 0.15) is 24.2 Å². The number of unbranched alkanes of at least 4 members (excludes halogenated alkanes) is 1. The molecule has 1 heterocycles. The van der Waals surface area contributed by atoms with Gasteiger partial charge in [0.05, 0.1) is 18.8 Å². The first-order chi connectivity index (χ1) is 10.4. The van der Waals surface area contributed by atoms with Gasteiger partial charge in [-0.05, 0) is 38.0 Å². The molecule has 8 heteroatoms. The molecule has 5 nitrogen and oxygen atoms in total. The largest absolute Gasteiger partial charge is 0.494 e. The summed E-state index contributed by atoms with van der Waals surface area (Å²) in [6.07, 6.45) is -2.98. The molecule has 0 aliphatic carbocycles. The van der Waals surface area contributed by atoms with Crippen molar-refractivity contribution in [2.75, 3.05) is 13.2 Å². The SMILES string of the molecule is Cc1noc(OCCCCOc2cccc(C(F)(F)F)c2)n1. The van der Waals surface area contributed by atoms with Crippen LogP contribution >= 0.6 is 0 Å². The third-order valence-corrected chi connectivity index (χ3v) is 2.70. The van der Waals surface area contributed by atoms with Crippen LogP contribution in [0.3, 0.4) is 0 Å². The average Bonchev–Trinajstić information content (AvgIpc) is 2.88. The van der Waals surface area contributed by atoms with Crippen LogP contribution in [0.2, 0.25) is 0 Å². The Hall–Kier alpha value is -2.25. The maximum Gasteiger partial charge on any atom is 0.417 e. The van der Waals surface area contributed by atoms with Gasteiger partial charge in [-0.1, -0.05) is 11.2 Å². The first-order valence-electron chi connectivity index (χ1n) is 6.68. The first-order valence-corrected chi connectivity index (χ1v) is 6.68. The highest BCUT2D eigenvalue weighted by Gasteiger charge is 2.30. The van der Waals surface area contributed by atoms with Crippen molar-refractivity contribution in [3.05, 3.63) is 35.7 Å². The van der Waals surface area contributed by atoms with Gasteiger partial charge in [0.2, 0.25) is 0 Å². The molecule has 0 N–H and O–H groups in total. The van der Waals surface area contributed by atoms with Crippen LogP contribution in [0.4, 0.5) is 13.2 Å². The summed E-state index contributed by atoms with van der Waals surface area (Å²) in [6.45, 7) is 2.35. The fourth-order valence-electron chi connectivity index (χ4n) is 1.65. The predicted molar refractivity (Wildman–Crippen MR) is 70.7 cm³/mol. The molecule has 0 bridgehead atoms. The number of alkyl halides is 3. The number of hydrogen-bond acceptors (Lipinski definition) is 5. The van der Waals surface area contributed by atoms with Gasteiger partial charge >= 0.3 is 12.3 Å². The Kier molecular flexibility index (Phi) is 5.24. The average molecular weight is 316 g/mol. The van der Waals surface area contributed by atoms with E-state index in [9.17, 15) is 13.2 Å². The number of hydrogen-bond donors (Lipinski definition) is 0. The molecule has 2 rings (SSSR count). The van der Waals surface area contributed by atoms with Crippen molar-refractivity contribution in [3.8, 4) is 11.8 Å². The van der Waals surface area contributed by atoms with Crippen molar-refractivity contribution in [2.45, 2.75) is 25.9 Å². The van der Waals surface area contributed by atoms with Gasteiger partial charge in [0.15, 0.2) is 5.82 Å². The van der Waals surface area contributed by atoms with Crippen LogP contribution in [-0.4, -0.2) is 23.4 Å². The topological polar surface area (TPSA) is 57.4 Å². The summed E-state index contributed by atoms with van der Waals surface area (Å²) >= 11 is 0. The van der Waals surface area contributed by atoms with Crippen molar-refractivity contribution in [1.82, 2.24) is 10.1 Å². The van der Waals surface area contributed by atoms with E-state index in [0.717, 1.165) is 12.1 Å². The molecule has 22 heavy (non-hydrogen) atoms. The van der Waals surface area contributed by atoms with Crippen LogP contribution < -0.4 is 9.47 Å². The van der Waals surface area contributed by atoms with E-state index in [1.807, 2.05) is 0 Å². The van der Waals surface area contributed by atoms with Crippen molar-refractivity contribution in [2.24, 2.45) is 0 Å². The number of aromatic nitrogens is 2. The number of ether oxygens (including phenoxy) is 2. The van der Waals surface area contributed by atoms with E-state index in [1.54, 1.807) is 6.92 Å². The molecule has 0 spiro atoms. The number of nitrogens with zero attached hydrogens (tertiary/aromatic N) is 2. The van der Waals surface area contributed by atoms with Crippen molar-refractivity contribution in [1.29, 1.82) is 0 Å². The minimum Gasteiger partial charge on any atom is -0.494 e. The standard InChI is InChI=1S/C14H15F3N2O3/c1-10-18-13(22-19-10)21-8-3-2-7-20-12-6-4-5-11(9-12)14(15,16)17/h4-6,9H,2-3,7-8H2,1H3. The quantitative estimate of drug-likeness (QED) is 0.730. The molecular formula is C14H15F3N2O3. The molecule has 120 valence electrons. The fourth-order valence-corrected chi connectivity index (χ4v) is 1.65. The minimum atomic E-state index is -4.37. The molecule has 0 saturated carbocycles. The smallest absolute Gasteiger partial charge is 0.417 e. The van der Waals surface area contributed by atoms with Crippen molar-refractivity contribution in [3.63, 3.8) is 0 Å². The zero-order chi connectivity index (χ0) is 16.0. The zero-order valence-corrected chi connectivity index (χ0v) is 11.9. The summed E-state index contributed by atoms with van der Waals surface area (Å²) in [7, 11) is 0. The van der Waals surface area contributed by atoms with Gasteiger partial charge < -0.3 is 9.47 Å². The van der Waals surface area contributed by atoms with Crippen molar-refractivity contribution >= 4 is 0 Å². The van der Waals surface area contributed by atoms with E-state index in [4.69, 9.17) is 14.0 Å². The van der Waals surface area contributed by atoms with Gasteiger partial charge in [-0.3, -0.25) is 4.52 Å². The summed E-state index contributed by atoms with van der Waals surface area (Å²) < 4.78 is 52.8. The van der Waals surface area contributed by atoms with E-state index in [0.29, 0.717) is 31.9 Å². The second kappa shape index (κ2) is 7.15. The Morgan fingerprint density at radius 2 is 1.86 bits per heavy atom. The lowest BCUT2D eigenvalue weighted by molar-refractivity contribution is -0.137. The molecule has 0 radical (unpaired) electrons. The highest BCUT2D eigenvalue weighted by atomic mass is 19.4. The maximum atomic E-state index is 12.5. The van der Waals surface area contributed by atoms with Crippen LogP contribution in [0.5, 0.6) is 11.8 Å². The van der Waals surface area contributed by atoms with E-state index < -0.39 is 11.7 Å².